The highest BCUT2D eigenvalue weighted by Gasteiger charge is 2.17. The van der Waals surface area contributed by atoms with Gasteiger partial charge in [-0.3, -0.25) is 9.48 Å². The van der Waals surface area contributed by atoms with E-state index >= 15 is 0 Å². The van der Waals surface area contributed by atoms with Crippen LogP contribution in [0.3, 0.4) is 0 Å². The van der Waals surface area contributed by atoms with Crippen LogP contribution in [0.15, 0.2) is 47.8 Å². The van der Waals surface area contributed by atoms with Gasteiger partial charge in [0.15, 0.2) is 0 Å². The van der Waals surface area contributed by atoms with Crippen LogP contribution in [-0.2, 0) is 11.2 Å². The number of hydrogen-bond acceptors (Lipinski definition) is 6. The lowest BCUT2D eigenvalue weighted by Crippen LogP contribution is -2.19. The van der Waals surface area contributed by atoms with Crippen molar-refractivity contribution in [1.82, 2.24) is 19.7 Å². The van der Waals surface area contributed by atoms with Crippen molar-refractivity contribution in [2.24, 2.45) is 0 Å². The van der Waals surface area contributed by atoms with Crippen molar-refractivity contribution in [2.75, 3.05) is 19.8 Å². The zero-order valence-electron chi connectivity index (χ0n) is 17.0. The predicted molar refractivity (Wildman–Crippen MR) is 114 cm³/mol. The fraction of sp³-hybridized carbons (Fsp3) is 0.348. The summed E-state index contributed by atoms with van der Waals surface area (Å²) in [6, 6.07) is 7.92. The van der Waals surface area contributed by atoms with E-state index in [0.29, 0.717) is 6.04 Å². The van der Waals surface area contributed by atoms with Crippen LogP contribution in [-0.4, -0.2) is 49.8 Å². The first-order valence-electron chi connectivity index (χ1n) is 10.2. The smallest absolute Gasteiger partial charge is 0.293 e. The fourth-order valence-electron chi connectivity index (χ4n) is 3.63. The number of aromatic nitrogens is 4. The lowest BCUT2D eigenvalue weighted by atomic mass is 9.94. The van der Waals surface area contributed by atoms with E-state index in [0.717, 1.165) is 42.7 Å². The van der Waals surface area contributed by atoms with Crippen LogP contribution in [0.5, 0.6) is 5.75 Å². The highest BCUT2D eigenvalue weighted by molar-refractivity contribution is 5.42. The summed E-state index contributed by atoms with van der Waals surface area (Å²) in [6.45, 7) is 1.40. The van der Waals surface area contributed by atoms with Gasteiger partial charge in [-0.1, -0.05) is 24.0 Å². The zero-order chi connectivity index (χ0) is 21.6. The molecule has 1 aliphatic heterocycles. The number of H-pyrrole nitrogens is 1. The fourth-order valence-corrected chi connectivity index (χ4v) is 3.63. The molecule has 1 saturated heterocycles. The van der Waals surface area contributed by atoms with E-state index in [1.807, 2.05) is 35.1 Å². The van der Waals surface area contributed by atoms with Crippen molar-refractivity contribution in [3.63, 3.8) is 0 Å². The van der Waals surface area contributed by atoms with Gasteiger partial charge in [-0.05, 0) is 30.5 Å². The molecule has 2 aromatic heterocycles. The van der Waals surface area contributed by atoms with E-state index in [1.165, 1.54) is 6.33 Å². The lowest BCUT2D eigenvalue weighted by Gasteiger charge is -2.22. The van der Waals surface area contributed by atoms with Crippen LogP contribution in [0, 0.1) is 11.8 Å². The third kappa shape index (κ3) is 5.02. The Hall–Kier alpha value is -3.41. The first-order chi connectivity index (χ1) is 15.1. The summed E-state index contributed by atoms with van der Waals surface area (Å²) < 4.78 is 7.37. The summed E-state index contributed by atoms with van der Waals surface area (Å²) >= 11 is 0. The molecule has 0 saturated carbocycles. The van der Waals surface area contributed by atoms with E-state index in [2.05, 4.69) is 26.9 Å². The molecule has 160 valence electrons. The minimum atomic E-state index is -0.590. The SMILES string of the molecule is O=c1[nH]cnc(CC(CO)c2ccc(C#Cc3cnn(C4CCOCC4)c3)cc2)c1O. The van der Waals surface area contributed by atoms with E-state index < -0.39 is 11.3 Å². The van der Waals surface area contributed by atoms with Gasteiger partial charge in [-0.2, -0.15) is 5.10 Å². The number of nitrogens with zero attached hydrogens (tertiary/aromatic N) is 3. The van der Waals surface area contributed by atoms with E-state index in [-0.39, 0.29) is 24.6 Å². The molecule has 3 aromatic rings. The Morgan fingerprint density at radius 1 is 1.19 bits per heavy atom. The van der Waals surface area contributed by atoms with Gasteiger partial charge in [-0.25, -0.2) is 4.98 Å². The largest absolute Gasteiger partial charge is 0.502 e. The van der Waals surface area contributed by atoms with Gasteiger partial charge < -0.3 is 19.9 Å². The highest BCUT2D eigenvalue weighted by Crippen LogP contribution is 2.23. The molecule has 4 rings (SSSR count). The number of nitrogens with one attached hydrogen (secondary N) is 1. The van der Waals surface area contributed by atoms with Crippen LogP contribution in [0.2, 0.25) is 0 Å². The molecular weight excluding hydrogens is 396 g/mol. The van der Waals surface area contributed by atoms with Gasteiger partial charge >= 0.3 is 0 Å². The van der Waals surface area contributed by atoms with Gasteiger partial charge in [0.1, 0.15) is 0 Å². The summed E-state index contributed by atoms with van der Waals surface area (Å²) in [7, 11) is 0. The monoisotopic (exact) mass is 420 g/mol. The van der Waals surface area contributed by atoms with Gasteiger partial charge in [0.2, 0.25) is 5.75 Å². The third-order valence-electron chi connectivity index (χ3n) is 5.46. The van der Waals surface area contributed by atoms with Crippen LogP contribution in [0.4, 0.5) is 0 Å². The Bertz CT molecular complexity index is 1130. The lowest BCUT2D eigenvalue weighted by molar-refractivity contribution is 0.0662. The summed E-state index contributed by atoms with van der Waals surface area (Å²) in [5.41, 5.74) is 2.25. The Morgan fingerprint density at radius 2 is 1.94 bits per heavy atom. The molecule has 31 heavy (non-hydrogen) atoms. The average Bonchev–Trinajstić information content (AvgIpc) is 3.29. The van der Waals surface area contributed by atoms with E-state index in [1.54, 1.807) is 6.20 Å². The number of aromatic hydroxyl groups is 1. The second-order valence-electron chi connectivity index (χ2n) is 7.54. The first-order valence-corrected chi connectivity index (χ1v) is 10.2. The van der Waals surface area contributed by atoms with E-state index in [9.17, 15) is 15.0 Å². The van der Waals surface area contributed by atoms with Crippen LogP contribution >= 0.6 is 0 Å². The Morgan fingerprint density at radius 3 is 2.68 bits per heavy atom. The first kappa shape index (κ1) is 20.8. The Kier molecular flexibility index (Phi) is 6.46. The molecule has 0 bridgehead atoms. The van der Waals surface area contributed by atoms with Gasteiger partial charge in [0, 0.05) is 37.3 Å². The molecule has 1 aromatic carbocycles. The topological polar surface area (TPSA) is 113 Å². The van der Waals surface area contributed by atoms with Crippen molar-refractivity contribution in [1.29, 1.82) is 0 Å². The molecule has 1 unspecified atom stereocenters. The third-order valence-corrected chi connectivity index (χ3v) is 5.46. The second-order valence-corrected chi connectivity index (χ2v) is 7.54. The Labute approximate surface area is 179 Å². The maximum Gasteiger partial charge on any atom is 0.293 e. The second kappa shape index (κ2) is 9.60. The molecule has 0 spiro atoms. The standard InChI is InChI=1S/C23H24N4O4/c28-14-19(11-21-22(29)23(30)25-15-24-21)18-5-3-16(4-6-18)1-2-17-12-26-27(13-17)20-7-9-31-10-8-20/h3-6,12-13,15,19-20,28-29H,7-11,14H2,(H,24,25,30). The maximum absolute atomic E-state index is 11.5. The molecule has 0 aliphatic carbocycles. The van der Waals surface area contributed by atoms with Crippen molar-refractivity contribution in [3.8, 4) is 17.6 Å². The van der Waals surface area contributed by atoms with E-state index in [4.69, 9.17) is 4.74 Å². The number of ether oxygens (including phenoxy) is 1. The molecule has 1 fully saturated rings. The molecule has 8 nitrogen and oxygen atoms in total. The molecule has 8 heteroatoms. The van der Waals surface area contributed by atoms with Crippen molar-refractivity contribution in [2.45, 2.75) is 31.2 Å². The summed E-state index contributed by atoms with van der Waals surface area (Å²) in [5, 5.41) is 24.1. The maximum atomic E-state index is 11.5. The minimum absolute atomic E-state index is 0.135. The van der Waals surface area contributed by atoms with Gasteiger partial charge in [0.25, 0.3) is 5.56 Å². The minimum Gasteiger partial charge on any atom is -0.502 e. The zero-order valence-corrected chi connectivity index (χ0v) is 17.0. The normalized spacial score (nSPS) is 15.3. The molecule has 0 amide bonds. The van der Waals surface area contributed by atoms with Crippen molar-refractivity contribution < 1.29 is 14.9 Å². The predicted octanol–water partition coefficient (Wildman–Crippen LogP) is 1.74. The van der Waals surface area contributed by atoms with Crippen LogP contribution in [0.1, 0.15) is 47.2 Å². The number of benzene rings is 1. The molecule has 1 aliphatic rings. The highest BCUT2D eigenvalue weighted by atomic mass is 16.5. The van der Waals surface area contributed by atoms with Gasteiger partial charge in [0.05, 0.1) is 36.4 Å². The number of aliphatic hydroxyl groups excluding tert-OH is 1. The van der Waals surface area contributed by atoms with Crippen molar-refractivity contribution in [3.05, 3.63) is 75.7 Å². The van der Waals surface area contributed by atoms with Crippen LogP contribution < -0.4 is 5.56 Å². The number of aromatic amines is 1. The average molecular weight is 420 g/mol. The van der Waals surface area contributed by atoms with Crippen molar-refractivity contribution >= 4 is 0 Å². The number of aliphatic hydroxyl groups is 1. The van der Waals surface area contributed by atoms with Gasteiger partial charge in [-0.15, -0.1) is 0 Å². The summed E-state index contributed by atoms with van der Waals surface area (Å²) in [5.74, 6) is 5.58. The molecule has 0 radical (unpaired) electrons. The molecule has 3 heterocycles. The number of hydrogen-bond donors (Lipinski definition) is 3. The summed E-state index contributed by atoms with van der Waals surface area (Å²) in [4.78, 5) is 17.9. The molecule has 1 atom stereocenters. The quantitative estimate of drug-likeness (QED) is 0.542. The number of rotatable bonds is 5. The molecule has 3 N–H and O–H groups in total. The van der Waals surface area contributed by atoms with Crippen LogP contribution in [0.25, 0.3) is 0 Å². The molecular formula is C23H24N4O4. The summed E-state index contributed by atoms with van der Waals surface area (Å²) in [6.07, 6.45) is 7.18. The Balaban J connectivity index is 1.44.